The molecule has 1 aliphatic heterocycles. The van der Waals surface area contributed by atoms with Crippen LogP contribution in [0.4, 0.5) is 0 Å². The van der Waals surface area contributed by atoms with Gasteiger partial charge in [-0.25, -0.2) is 0 Å². The zero-order chi connectivity index (χ0) is 8.81. The predicted molar refractivity (Wildman–Crippen MR) is 45.6 cm³/mol. The van der Waals surface area contributed by atoms with Gasteiger partial charge in [0.25, 0.3) is 0 Å². The zero-order valence-electron chi connectivity index (χ0n) is 7.03. The van der Waals surface area contributed by atoms with E-state index in [4.69, 9.17) is 20.9 Å². The van der Waals surface area contributed by atoms with Crippen LogP contribution in [-0.4, -0.2) is 32.0 Å². The van der Waals surface area contributed by atoms with Gasteiger partial charge in [-0.15, -0.1) is 0 Å². The van der Waals surface area contributed by atoms with E-state index in [2.05, 4.69) is 4.99 Å². The van der Waals surface area contributed by atoms with Gasteiger partial charge in [0.2, 0.25) is 0 Å². The summed E-state index contributed by atoms with van der Waals surface area (Å²) in [5, 5.41) is 0. The molecule has 70 valence electrons. The van der Waals surface area contributed by atoms with Gasteiger partial charge >= 0.3 is 0 Å². The molecule has 0 aromatic rings. The molecule has 0 unspecified atom stereocenters. The SMILES string of the molecule is NC(N)=NCCCC1OCCO1. The highest BCUT2D eigenvalue weighted by molar-refractivity contribution is 5.75. The lowest BCUT2D eigenvalue weighted by Crippen LogP contribution is -2.23. The molecule has 12 heavy (non-hydrogen) atoms. The summed E-state index contributed by atoms with van der Waals surface area (Å²) in [5.74, 6) is 0.142. The first-order chi connectivity index (χ1) is 5.79. The first-order valence-electron chi connectivity index (χ1n) is 4.07. The molecular weight excluding hydrogens is 158 g/mol. The number of ether oxygens (including phenoxy) is 2. The summed E-state index contributed by atoms with van der Waals surface area (Å²) < 4.78 is 10.5. The van der Waals surface area contributed by atoms with Gasteiger partial charge in [0.05, 0.1) is 13.2 Å². The highest BCUT2D eigenvalue weighted by atomic mass is 16.7. The van der Waals surface area contributed by atoms with Crippen LogP contribution >= 0.6 is 0 Å². The van der Waals surface area contributed by atoms with Crippen molar-refractivity contribution < 1.29 is 9.47 Å². The van der Waals surface area contributed by atoms with Crippen molar-refractivity contribution in [2.24, 2.45) is 16.5 Å². The molecule has 5 nitrogen and oxygen atoms in total. The van der Waals surface area contributed by atoms with E-state index in [0.717, 1.165) is 12.8 Å². The summed E-state index contributed by atoms with van der Waals surface area (Å²) in [6, 6.07) is 0. The van der Waals surface area contributed by atoms with Crippen molar-refractivity contribution in [1.82, 2.24) is 0 Å². The lowest BCUT2D eigenvalue weighted by atomic mass is 10.3. The fourth-order valence-electron chi connectivity index (χ4n) is 1.04. The summed E-state index contributed by atoms with van der Waals surface area (Å²) in [6.07, 6.45) is 1.71. The van der Waals surface area contributed by atoms with Gasteiger partial charge in [0.1, 0.15) is 0 Å². The van der Waals surface area contributed by atoms with E-state index < -0.39 is 0 Å². The molecule has 0 radical (unpaired) electrons. The molecular formula is C7H15N3O2. The van der Waals surface area contributed by atoms with Crippen LogP contribution in [0.15, 0.2) is 4.99 Å². The third-order valence-corrected chi connectivity index (χ3v) is 1.58. The quantitative estimate of drug-likeness (QED) is 0.338. The van der Waals surface area contributed by atoms with Crippen LogP contribution < -0.4 is 11.5 Å². The Morgan fingerprint density at radius 1 is 1.33 bits per heavy atom. The zero-order valence-corrected chi connectivity index (χ0v) is 7.03. The first kappa shape index (κ1) is 9.28. The summed E-state index contributed by atoms with van der Waals surface area (Å²) in [6.45, 7) is 2.05. The number of guanidine groups is 1. The number of aliphatic imine (C=N–C) groups is 1. The summed E-state index contributed by atoms with van der Waals surface area (Å²) >= 11 is 0. The second kappa shape index (κ2) is 4.95. The lowest BCUT2D eigenvalue weighted by molar-refractivity contribution is -0.0472. The second-order valence-electron chi connectivity index (χ2n) is 2.62. The van der Waals surface area contributed by atoms with Gasteiger partial charge in [0.15, 0.2) is 12.2 Å². The molecule has 0 atom stereocenters. The van der Waals surface area contributed by atoms with Gasteiger partial charge in [-0.3, -0.25) is 4.99 Å². The van der Waals surface area contributed by atoms with E-state index in [1.807, 2.05) is 0 Å². The molecule has 5 heteroatoms. The molecule has 0 spiro atoms. The van der Waals surface area contributed by atoms with Crippen LogP contribution in [0.5, 0.6) is 0 Å². The minimum absolute atomic E-state index is 0.0424. The fourth-order valence-corrected chi connectivity index (χ4v) is 1.04. The van der Waals surface area contributed by atoms with Crippen LogP contribution in [0.3, 0.4) is 0 Å². The molecule has 1 aliphatic rings. The Hall–Kier alpha value is -0.810. The van der Waals surface area contributed by atoms with Gasteiger partial charge in [-0.1, -0.05) is 0 Å². The van der Waals surface area contributed by atoms with Crippen molar-refractivity contribution in [2.75, 3.05) is 19.8 Å². The lowest BCUT2D eigenvalue weighted by Gasteiger charge is -2.06. The highest BCUT2D eigenvalue weighted by Gasteiger charge is 2.14. The molecule has 0 aliphatic carbocycles. The van der Waals surface area contributed by atoms with E-state index >= 15 is 0 Å². The maximum atomic E-state index is 5.23. The third-order valence-electron chi connectivity index (χ3n) is 1.58. The Kier molecular flexibility index (Phi) is 3.83. The molecule has 1 fully saturated rings. The predicted octanol–water partition coefficient (Wildman–Crippen LogP) is -0.587. The van der Waals surface area contributed by atoms with Gasteiger partial charge in [-0.05, 0) is 6.42 Å². The maximum Gasteiger partial charge on any atom is 0.185 e. The third kappa shape index (κ3) is 3.54. The van der Waals surface area contributed by atoms with Gasteiger partial charge in [-0.2, -0.15) is 0 Å². The molecule has 0 saturated carbocycles. The normalized spacial score (nSPS) is 18.0. The fraction of sp³-hybridized carbons (Fsp3) is 0.857. The minimum atomic E-state index is -0.0424. The molecule has 1 rings (SSSR count). The Bertz CT molecular complexity index is 151. The first-order valence-corrected chi connectivity index (χ1v) is 4.07. The number of rotatable bonds is 4. The summed E-state index contributed by atoms with van der Waals surface area (Å²) in [4.78, 5) is 3.85. The van der Waals surface area contributed by atoms with Crippen LogP contribution in [0.2, 0.25) is 0 Å². The average Bonchev–Trinajstić information content (AvgIpc) is 2.49. The smallest absolute Gasteiger partial charge is 0.185 e. The Morgan fingerprint density at radius 3 is 2.58 bits per heavy atom. The highest BCUT2D eigenvalue weighted by Crippen LogP contribution is 2.09. The van der Waals surface area contributed by atoms with Crippen LogP contribution in [0.1, 0.15) is 12.8 Å². The Morgan fingerprint density at radius 2 is 2.00 bits per heavy atom. The van der Waals surface area contributed by atoms with E-state index in [1.165, 1.54) is 0 Å². The van der Waals surface area contributed by atoms with Crippen LogP contribution in [0.25, 0.3) is 0 Å². The second-order valence-corrected chi connectivity index (χ2v) is 2.62. The Labute approximate surface area is 71.7 Å². The largest absolute Gasteiger partial charge is 0.370 e. The maximum absolute atomic E-state index is 5.23. The number of nitrogens with two attached hydrogens (primary N) is 2. The average molecular weight is 173 g/mol. The molecule has 0 aromatic carbocycles. The molecule has 4 N–H and O–H groups in total. The molecule has 0 bridgehead atoms. The molecule has 0 aromatic heterocycles. The molecule has 1 heterocycles. The van der Waals surface area contributed by atoms with Crippen molar-refractivity contribution in [1.29, 1.82) is 0 Å². The van der Waals surface area contributed by atoms with E-state index in [1.54, 1.807) is 0 Å². The summed E-state index contributed by atoms with van der Waals surface area (Å²) in [5.41, 5.74) is 10.3. The van der Waals surface area contributed by atoms with E-state index in [-0.39, 0.29) is 12.2 Å². The van der Waals surface area contributed by atoms with Gasteiger partial charge in [0, 0.05) is 13.0 Å². The van der Waals surface area contributed by atoms with Crippen molar-refractivity contribution in [3.63, 3.8) is 0 Å². The number of hydrogen-bond donors (Lipinski definition) is 2. The van der Waals surface area contributed by atoms with Crippen molar-refractivity contribution in [3.05, 3.63) is 0 Å². The number of nitrogens with zero attached hydrogens (tertiary/aromatic N) is 1. The Balaban J connectivity index is 1.98. The van der Waals surface area contributed by atoms with Crippen molar-refractivity contribution in [3.8, 4) is 0 Å². The number of hydrogen-bond acceptors (Lipinski definition) is 3. The standard InChI is InChI=1S/C7H15N3O2/c8-7(9)10-3-1-2-6-11-4-5-12-6/h6H,1-5H2,(H4,8,9,10). The van der Waals surface area contributed by atoms with E-state index in [9.17, 15) is 0 Å². The summed E-state index contributed by atoms with van der Waals surface area (Å²) in [7, 11) is 0. The van der Waals surface area contributed by atoms with Gasteiger partial charge < -0.3 is 20.9 Å². The molecule has 1 saturated heterocycles. The van der Waals surface area contributed by atoms with Crippen LogP contribution in [0, 0.1) is 0 Å². The van der Waals surface area contributed by atoms with Crippen molar-refractivity contribution >= 4 is 5.96 Å². The van der Waals surface area contributed by atoms with E-state index in [0.29, 0.717) is 19.8 Å². The topological polar surface area (TPSA) is 82.9 Å². The van der Waals surface area contributed by atoms with Crippen LogP contribution in [-0.2, 0) is 9.47 Å². The molecule has 0 amide bonds. The van der Waals surface area contributed by atoms with Crippen molar-refractivity contribution in [2.45, 2.75) is 19.1 Å². The minimum Gasteiger partial charge on any atom is -0.370 e. The monoisotopic (exact) mass is 173 g/mol.